The smallest absolute Gasteiger partial charge is 0.0923 e. The number of aryl methyl sites for hydroxylation is 1. The molecule has 100 valence electrons. The molecule has 0 heterocycles. The van der Waals surface area contributed by atoms with E-state index >= 15 is 0 Å². The molecule has 1 nitrogen and oxygen atoms in total. The van der Waals surface area contributed by atoms with E-state index in [4.69, 9.17) is 4.74 Å². The van der Waals surface area contributed by atoms with Gasteiger partial charge in [0.2, 0.25) is 0 Å². The molecule has 1 heteroatoms. The summed E-state index contributed by atoms with van der Waals surface area (Å²) in [5.74, 6) is 1.88. The zero-order chi connectivity index (χ0) is 13.4. The molecule has 0 spiro atoms. The molecule has 0 N–H and O–H groups in total. The van der Waals surface area contributed by atoms with Crippen molar-refractivity contribution in [3.63, 3.8) is 0 Å². The summed E-state index contributed by atoms with van der Waals surface area (Å²) >= 11 is 0. The molecule has 1 aromatic rings. The van der Waals surface area contributed by atoms with Gasteiger partial charge in [-0.3, -0.25) is 0 Å². The van der Waals surface area contributed by atoms with Gasteiger partial charge in [0, 0.05) is 6.42 Å². The first-order valence-electron chi connectivity index (χ1n) is 6.99. The number of allylic oxidation sites excluding steroid dienone is 2. The first-order valence-corrected chi connectivity index (χ1v) is 6.99. The van der Waals surface area contributed by atoms with Crippen LogP contribution in [-0.2, 0) is 11.2 Å². The van der Waals surface area contributed by atoms with E-state index in [1.807, 2.05) is 0 Å². The van der Waals surface area contributed by atoms with Crippen LogP contribution in [0.4, 0.5) is 0 Å². The Morgan fingerprint density at radius 3 is 2.44 bits per heavy atom. The number of ether oxygens (including phenoxy) is 1. The molecule has 1 aromatic carbocycles. The maximum atomic E-state index is 5.70. The van der Waals surface area contributed by atoms with Crippen molar-refractivity contribution in [2.24, 2.45) is 5.92 Å². The number of rotatable bonds is 7. The summed E-state index contributed by atoms with van der Waals surface area (Å²) in [4.78, 5) is 0. The summed E-state index contributed by atoms with van der Waals surface area (Å²) in [5.41, 5.74) is 2.66. The lowest BCUT2D eigenvalue weighted by atomic mass is 10.1. The molecule has 0 aliphatic carbocycles. The number of hydrogen-bond acceptors (Lipinski definition) is 1. The van der Waals surface area contributed by atoms with E-state index in [-0.39, 0.29) is 0 Å². The first-order chi connectivity index (χ1) is 8.61. The topological polar surface area (TPSA) is 9.23 Å². The predicted molar refractivity (Wildman–Crippen MR) is 78.7 cm³/mol. The molecule has 18 heavy (non-hydrogen) atoms. The molecule has 0 bridgehead atoms. The third kappa shape index (κ3) is 5.90. The fourth-order valence-corrected chi connectivity index (χ4v) is 1.81. The highest BCUT2D eigenvalue weighted by Crippen LogP contribution is 2.14. The summed E-state index contributed by atoms with van der Waals surface area (Å²) in [6.45, 7) is 9.44. The Hall–Kier alpha value is -1.24. The molecule has 1 rings (SSSR count). The average Bonchev–Trinajstić information content (AvgIpc) is 2.34. The molecule has 0 radical (unpaired) electrons. The minimum absolute atomic E-state index is 0.730. The van der Waals surface area contributed by atoms with Crippen LogP contribution in [0.5, 0.6) is 0 Å². The molecule has 0 aliphatic rings. The van der Waals surface area contributed by atoms with Gasteiger partial charge in [-0.25, -0.2) is 0 Å². The fraction of sp³-hybridized carbons (Fsp3) is 0.529. The molecular formula is C17H26O. The van der Waals surface area contributed by atoms with Gasteiger partial charge in [0.15, 0.2) is 0 Å². The molecule has 0 aliphatic heterocycles. The zero-order valence-corrected chi connectivity index (χ0v) is 12.2. The number of benzene rings is 1. The Morgan fingerprint density at radius 2 is 1.89 bits per heavy atom. The van der Waals surface area contributed by atoms with Crippen LogP contribution in [-0.4, -0.2) is 6.61 Å². The van der Waals surface area contributed by atoms with E-state index in [9.17, 15) is 0 Å². The monoisotopic (exact) mass is 246 g/mol. The average molecular weight is 246 g/mol. The van der Waals surface area contributed by atoms with Crippen LogP contribution >= 0.6 is 0 Å². The fourth-order valence-electron chi connectivity index (χ4n) is 1.81. The van der Waals surface area contributed by atoms with Gasteiger partial charge in [0.1, 0.15) is 0 Å². The number of hydrogen-bond donors (Lipinski definition) is 0. The van der Waals surface area contributed by atoms with Crippen molar-refractivity contribution >= 4 is 0 Å². The van der Waals surface area contributed by atoms with Crippen molar-refractivity contribution < 1.29 is 4.74 Å². The zero-order valence-electron chi connectivity index (χ0n) is 12.2. The SMILES string of the molecule is CCO/C(=C\Cc1ccc(C)cc1)CCC(C)C. The van der Waals surface area contributed by atoms with Gasteiger partial charge in [-0.05, 0) is 44.2 Å². The van der Waals surface area contributed by atoms with Crippen LogP contribution in [0, 0.1) is 12.8 Å². The van der Waals surface area contributed by atoms with Gasteiger partial charge in [-0.15, -0.1) is 0 Å². The minimum Gasteiger partial charge on any atom is -0.499 e. The molecule has 0 fully saturated rings. The Kier molecular flexibility index (Phi) is 6.56. The van der Waals surface area contributed by atoms with Crippen molar-refractivity contribution in [3.8, 4) is 0 Å². The van der Waals surface area contributed by atoms with Crippen molar-refractivity contribution in [1.29, 1.82) is 0 Å². The predicted octanol–water partition coefficient (Wildman–Crippen LogP) is 4.89. The molecule has 0 amide bonds. The van der Waals surface area contributed by atoms with Gasteiger partial charge >= 0.3 is 0 Å². The minimum atomic E-state index is 0.730. The van der Waals surface area contributed by atoms with Crippen LogP contribution < -0.4 is 0 Å². The molecule has 0 atom stereocenters. The third-order valence-corrected chi connectivity index (χ3v) is 2.98. The quantitative estimate of drug-likeness (QED) is 0.622. The molecule has 0 saturated heterocycles. The van der Waals surface area contributed by atoms with E-state index in [0.717, 1.165) is 31.1 Å². The van der Waals surface area contributed by atoms with Gasteiger partial charge in [-0.1, -0.05) is 43.7 Å². The summed E-state index contributed by atoms with van der Waals surface area (Å²) in [7, 11) is 0. The van der Waals surface area contributed by atoms with E-state index in [2.05, 4.69) is 58.0 Å². The van der Waals surface area contributed by atoms with Crippen LogP contribution in [0.3, 0.4) is 0 Å². The Balaban J connectivity index is 2.56. The van der Waals surface area contributed by atoms with Gasteiger partial charge < -0.3 is 4.74 Å². The Labute approximate surface area is 112 Å². The van der Waals surface area contributed by atoms with Crippen LogP contribution in [0.1, 0.15) is 44.7 Å². The Bertz CT molecular complexity index is 360. The van der Waals surface area contributed by atoms with Crippen molar-refractivity contribution in [2.45, 2.75) is 47.0 Å². The normalized spacial score (nSPS) is 11.9. The highest BCUT2D eigenvalue weighted by molar-refractivity contribution is 5.23. The maximum absolute atomic E-state index is 5.70. The molecular weight excluding hydrogens is 220 g/mol. The van der Waals surface area contributed by atoms with Crippen LogP contribution in [0.2, 0.25) is 0 Å². The molecule has 0 unspecified atom stereocenters. The van der Waals surface area contributed by atoms with Crippen molar-refractivity contribution in [3.05, 3.63) is 47.2 Å². The van der Waals surface area contributed by atoms with E-state index < -0.39 is 0 Å². The lowest BCUT2D eigenvalue weighted by molar-refractivity contribution is 0.213. The summed E-state index contributed by atoms with van der Waals surface area (Å²) in [5, 5.41) is 0. The van der Waals surface area contributed by atoms with Crippen LogP contribution in [0.15, 0.2) is 36.1 Å². The van der Waals surface area contributed by atoms with Crippen molar-refractivity contribution in [1.82, 2.24) is 0 Å². The van der Waals surface area contributed by atoms with Crippen LogP contribution in [0.25, 0.3) is 0 Å². The third-order valence-electron chi connectivity index (χ3n) is 2.98. The van der Waals surface area contributed by atoms with Gasteiger partial charge in [-0.2, -0.15) is 0 Å². The highest BCUT2D eigenvalue weighted by atomic mass is 16.5. The molecule has 0 aromatic heterocycles. The summed E-state index contributed by atoms with van der Waals surface area (Å²) < 4.78 is 5.70. The lowest BCUT2D eigenvalue weighted by Crippen LogP contribution is -1.96. The Morgan fingerprint density at radius 1 is 1.22 bits per heavy atom. The summed E-state index contributed by atoms with van der Waals surface area (Å²) in [6.07, 6.45) is 5.45. The second kappa shape index (κ2) is 7.97. The van der Waals surface area contributed by atoms with Gasteiger partial charge in [0.25, 0.3) is 0 Å². The highest BCUT2D eigenvalue weighted by Gasteiger charge is 2.01. The second-order valence-electron chi connectivity index (χ2n) is 5.23. The van der Waals surface area contributed by atoms with E-state index in [0.29, 0.717) is 0 Å². The van der Waals surface area contributed by atoms with Crippen molar-refractivity contribution in [2.75, 3.05) is 6.61 Å². The second-order valence-corrected chi connectivity index (χ2v) is 5.23. The largest absolute Gasteiger partial charge is 0.499 e. The molecule has 0 saturated carbocycles. The first kappa shape index (κ1) is 14.8. The van der Waals surface area contributed by atoms with E-state index in [1.54, 1.807) is 0 Å². The van der Waals surface area contributed by atoms with Gasteiger partial charge in [0.05, 0.1) is 12.4 Å². The summed E-state index contributed by atoms with van der Waals surface area (Å²) in [6, 6.07) is 8.71. The lowest BCUT2D eigenvalue weighted by Gasteiger charge is -2.10. The maximum Gasteiger partial charge on any atom is 0.0923 e. The van der Waals surface area contributed by atoms with E-state index in [1.165, 1.54) is 17.5 Å². The standard InChI is InChI=1S/C17H26O/c1-5-18-17(12-6-14(2)3)13-11-16-9-7-15(4)8-10-16/h7-10,13-14H,5-6,11-12H2,1-4H3/b17-13-.